The molecular formula is C28H27N3O3S. The number of amides is 1. The summed E-state index contributed by atoms with van der Waals surface area (Å²) in [5, 5.41) is 3.71. The molecular weight excluding hydrogens is 458 g/mol. The Labute approximate surface area is 208 Å². The normalized spacial score (nSPS) is 16.3. The van der Waals surface area contributed by atoms with Gasteiger partial charge in [-0.1, -0.05) is 72.4 Å². The van der Waals surface area contributed by atoms with Gasteiger partial charge in [-0.05, 0) is 43.5 Å². The molecule has 0 aliphatic carbocycles. The van der Waals surface area contributed by atoms with E-state index in [4.69, 9.17) is 9.72 Å². The summed E-state index contributed by atoms with van der Waals surface area (Å²) in [6.45, 7) is 2.98. The number of carbonyl (C=O) groups is 1. The average Bonchev–Trinajstić information content (AvgIpc) is 3.40. The fraction of sp³-hybridized carbons (Fsp3) is 0.250. The first-order chi connectivity index (χ1) is 17.1. The van der Waals surface area contributed by atoms with E-state index in [1.54, 1.807) is 10.6 Å². The van der Waals surface area contributed by atoms with Crippen LogP contribution in [0.25, 0.3) is 22.0 Å². The summed E-state index contributed by atoms with van der Waals surface area (Å²) in [7, 11) is 0. The number of nitrogens with zero attached hydrogens (tertiary/aromatic N) is 2. The molecule has 1 saturated heterocycles. The van der Waals surface area contributed by atoms with Crippen molar-refractivity contribution in [2.45, 2.75) is 42.8 Å². The number of nitrogens with one attached hydrogen (secondary N) is 1. The van der Waals surface area contributed by atoms with Crippen LogP contribution in [0, 0.1) is 0 Å². The lowest BCUT2D eigenvalue weighted by molar-refractivity contribution is -0.115. The summed E-state index contributed by atoms with van der Waals surface area (Å²) < 4.78 is 7.46. The molecule has 7 heteroatoms. The van der Waals surface area contributed by atoms with Crippen molar-refractivity contribution in [2.24, 2.45) is 0 Å². The van der Waals surface area contributed by atoms with Gasteiger partial charge in [-0.25, -0.2) is 4.98 Å². The lowest BCUT2D eigenvalue weighted by atomic mass is 10.0. The number of rotatable bonds is 7. The van der Waals surface area contributed by atoms with E-state index < -0.39 is 5.25 Å². The van der Waals surface area contributed by atoms with Crippen LogP contribution in [0.5, 0.6) is 0 Å². The molecule has 1 amide bonds. The molecule has 1 fully saturated rings. The van der Waals surface area contributed by atoms with Crippen molar-refractivity contribution in [2.75, 3.05) is 11.9 Å². The van der Waals surface area contributed by atoms with Crippen molar-refractivity contribution < 1.29 is 9.53 Å². The van der Waals surface area contributed by atoms with E-state index in [-0.39, 0.29) is 17.6 Å². The third-order valence-corrected chi connectivity index (χ3v) is 7.25. The maximum absolute atomic E-state index is 13.3. The number of carbonyl (C=O) groups excluding carboxylic acids is 1. The van der Waals surface area contributed by atoms with Gasteiger partial charge in [-0.3, -0.25) is 14.2 Å². The first-order valence-corrected chi connectivity index (χ1v) is 12.7. The number of benzene rings is 3. The number of hydrogen-bond acceptors (Lipinski definition) is 5. The van der Waals surface area contributed by atoms with E-state index in [0.717, 1.165) is 29.7 Å². The largest absolute Gasteiger partial charge is 0.376 e. The fourth-order valence-corrected chi connectivity index (χ4v) is 5.22. The zero-order chi connectivity index (χ0) is 24.2. The molecule has 178 valence electrons. The van der Waals surface area contributed by atoms with E-state index in [1.807, 2.05) is 79.7 Å². The molecule has 0 bridgehead atoms. The number of hydrogen-bond donors (Lipinski definition) is 1. The lowest BCUT2D eigenvalue weighted by Gasteiger charge is -2.19. The molecule has 2 heterocycles. The number of fused-ring (bicyclic) bond motifs is 1. The summed E-state index contributed by atoms with van der Waals surface area (Å²) in [4.78, 5) is 31.3. The van der Waals surface area contributed by atoms with E-state index in [9.17, 15) is 9.59 Å². The topological polar surface area (TPSA) is 73.2 Å². The minimum atomic E-state index is -0.470. The van der Waals surface area contributed by atoms with Gasteiger partial charge in [0.25, 0.3) is 5.56 Å². The van der Waals surface area contributed by atoms with Crippen LogP contribution in [0.3, 0.4) is 0 Å². The van der Waals surface area contributed by atoms with E-state index in [1.165, 1.54) is 11.8 Å². The Hall–Kier alpha value is -3.42. The zero-order valence-corrected chi connectivity index (χ0v) is 20.3. The Balaban J connectivity index is 1.41. The first kappa shape index (κ1) is 23.3. The van der Waals surface area contributed by atoms with Crippen LogP contribution < -0.4 is 10.9 Å². The second-order valence-corrected chi connectivity index (χ2v) is 9.93. The Morgan fingerprint density at radius 3 is 2.63 bits per heavy atom. The Bertz CT molecular complexity index is 1400. The summed E-state index contributed by atoms with van der Waals surface area (Å²) >= 11 is 1.30. The van der Waals surface area contributed by atoms with Crippen molar-refractivity contribution in [3.8, 4) is 11.1 Å². The Kier molecular flexibility index (Phi) is 6.97. The highest BCUT2D eigenvalue weighted by Crippen LogP contribution is 2.29. The van der Waals surface area contributed by atoms with Crippen LogP contribution in [0.1, 0.15) is 19.8 Å². The Morgan fingerprint density at radius 2 is 1.83 bits per heavy atom. The highest BCUT2D eigenvalue weighted by Gasteiger charge is 2.23. The highest BCUT2D eigenvalue weighted by molar-refractivity contribution is 8.00. The van der Waals surface area contributed by atoms with Gasteiger partial charge < -0.3 is 10.1 Å². The third-order valence-electron chi connectivity index (χ3n) is 6.16. The van der Waals surface area contributed by atoms with Crippen molar-refractivity contribution in [3.63, 3.8) is 0 Å². The lowest BCUT2D eigenvalue weighted by Crippen LogP contribution is -2.30. The van der Waals surface area contributed by atoms with Crippen LogP contribution >= 0.6 is 11.8 Å². The van der Waals surface area contributed by atoms with Crippen molar-refractivity contribution >= 4 is 34.3 Å². The van der Waals surface area contributed by atoms with E-state index in [0.29, 0.717) is 29.2 Å². The second kappa shape index (κ2) is 10.5. The second-order valence-electron chi connectivity index (χ2n) is 8.62. The molecule has 1 N–H and O–H groups in total. The van der Waals surface area contributed by atoms with Crippen LogP contribution in [-0.2, 0) is 16.1 Å². The van der Waals surface area contributed by atoms with E-state index in [2.05, 4.69) is 5.32 Å². The molecule has 0 spiro atoms. The molecule has 5 rings (SSSR count). The summed E-state index contributed by atoms with van der Waals surface area (Å²) in [6.07, 6.45) is 1.88. The van der Waals surface area contributed by atoms with E-state index >= 15 is 0 Å². The van der Waals surface area contributed by atoms with Crippen LogP contribution in [0.2, 0.25) is 0 Å². The molecule has 4 aromatic rings. The molecule has 0 saturated carbocycles. The SMILES string of the molecule is C[C@H](Sc1nc2ccccc2c(=O)n1C[C@@H]1CCCO1)C(=O)Nc1ccccc1-c1ccccc1. The maximum atomic E-state index is 13.3. The van der Waals surface area contributed by atoms with Gasteiger partial charge in [0.1, 0.15) is 0 Å². The fourth-order valence-electron chi connectivity index (χ4n) is 4.30. The van der Waals surface area contributed by atoms with Gasteiger partial charge in [0.05, 0.1) is 28.8 Å². The predicted octanol–water partition coefficient (Wildman–Crippen LogP) is 5.36. The van der Waals surface area contributed by atoms with Gasteiger partial charge in [-0.15, -0.1) is 0 Å². The molecule has 1 aromatic heterocycles. The smallest absolute Gasteiger partial charge is 0.262 e. The molecule has 35 heavy (non-hydrogen) atoms. The van der Waals surface area contributed by atoms with Gasteiger partial charge in [0, 0.05) is 17.9 Å². The Morgan fingerprint density at radius 1 is 1.09 bits per heavy atom. The molecule has 1 aliphatic heterocycles. The number of thioether (sulfide) groups is 1. The van der Waals surface area contributed by atoms with Gasteiger partial charge >= 0.3 is 0 Å². The number of anilines is 1. The molecule has 0 unspecified atom stereocenters. The molecule has 6 nitrogen and oxygen atoms in total. The minimum Gasteiger partial charge on any atom is -0.376 e. The van der Waals surface area contributed by atoms with Crippen LogP contribution in [0.15, 0.2) is 88.8 Å². The molecule has 2 atom stereocenters. The zero-order valence-electron chi connectivity index (χ0n) is 19.5. The summed E-state index contributed by atoms with van der Waals surface area (Å²) in [6, 6.07) is 25.1. The highest BCUT2D eigenvalue weighted by atomic mass is 32.2. The average molecular weight is 486 g/mol. The molecule has 3 aromatic carbocycles. The van der Waals surface area contributed by atoms with Crippen LogP contribution in [-0.4, -0.2) is 33.4 Å². The first-order valence-electron chi connectivity index (χ1n) is 11.8. The quantitative estimate of drug-likeness (QED) is 0.282. The van der Waals surface area contributed by atoms with Crippen molar-refractivity contribution in [1.82, 2.24) is 9.55 Å². The minimum absolute atomic E-state index is 0.0168. The standard InChI is InChI=1S/C28H27N3O3S/c1-19(26(32)29-24-15-7-5-13-22(24)20-10-3-2-4-11-20)35-28-30-25-16-8-6-14-23(25)27(33)31(28)18-21-12-9-17-34-21/h2-8,10-11,13-16,19,21H,9,12,17-18H2,1H3,(H,29,32)/t19-,21-/m0/s1. The van der Waals surface area contributed by atoms with Gasteiger partial charge in [0.2, 0.25) is 5.91 Å². The summed E-state index contributed by atoms with van der Waals surface area (Å²) in [5.74, 6) is -0.149. The number of ether oxygens (including phenoxy) is 1. The number of aromatic nitrogens is 2. The summed E-state index contributed by atoms with van der Waals surface area (Å²) in [5.41, 5.74) is 3.27. The van der Waals surface area contributed by atoms with Crippen LogP contribution in [0.4, 0.5) is 5.69 Å². The van der Waals surface area contributed by atoms with Crippen molar-refractivity contribution in [3.05, 3.63) is 89.2 Å². The molecule has 0 radical (unpaired) electrons. The number of para-hydroxylation sites is 2. The molecule has 1 aliphatic rings. The predicted molar refractivity (Wildman–Crippen MR) is 141 cm³/mol. The monoisotopic (exact) mass is 485 g/mol. The third kappa shape index (κ3) is 5.16. The maximum Gasteiger partial charge on any atom is 0.262 e. The van der Waals surface area contributed by atoms with Crippen molar-refractivity contribution in [1.29, 1.82) is 0 Å². The van der Waals surface area contributed by atoms with Gasteiger partial charge in [0.15, 0.2) is 5.16 Å². The van der Waals surface area contributed by atoms with Gasteiger partial charge in [-0.2, -0.15) is 0 Å².